The van der Waals surface area contributed by atoms with Crippen LogP contribution >= 0.6 is 0 Å². The SMILES string of the molecule is CC1CCN(C(N)=NCc2ccccc2CN(C)Cc2ccco2)CC1. The second kappa shape index (κ2) is 8.90. The second-order valence-electron chi connectivity index (χ2n) is 7.36. The zero-order chi connectivity index (χ0) is 18.4. The molecule has 2 N–H and O–H groups in total. The minimum Gasteiger partial charge on any atom is -0.468 e. The summed E-state index contributed by atoms with van der Waals surface area (Å²) < 4.78 is 5.44. The maximum absolute atomic E-state index is 6.24. The summed E-state index contributed by atoms with van der Waals surface area (Å²) in [7, 11) is 2.10. The van der Waals surface area contributed by atoms with Crippen LogP contribution in [0.4, 0.5) is 0 Å². The van der Waals surface area contributed by atoms with Gasteiger partial charge in [-0.05, 0) is 49.1 Å². The number of nitrogens with two attached hydrogens (primary N) is 1. The molecule has 0 bridgehead atoms. The van der Waals surface area contributed by atoms with Gasteiger partial charge in [0.05, 0.1) is 19.4 Å². The molecule has 2 aromatic rings. The third-order valence-electron chi connectivity index (χ3n) is 5.08. The number of guanidine groups is 1. The maximum atomic E-state index is 6.24. The summed E-state index contributed by atoms with van der Waals surface area (Å²) in [5.74, 6) is 2.45. The highest BCUT2D eigenvalue weighted by Crippen LogP contribution is 2.17. The van der Waals surface area contributed by atoms with Gasteiger partial charge in [-0.25, -0.2) is 4.99 Å². The van der Waals surface area contributed by atoms with Crippen LogP contribution in [0.25, 0.3) is 0 Å². The lowest BCUT2D eigenvalue weighted by molar-refractivity contribution is 0.277. The highest BCUT2D eigenvalue weighted by Gasteiger charge is 2.17. The van der Waals surface area contributed by atoms with Gasteiger partial charge in [0.2, 0.25) is 0 Å². The van der Waals surface area contributed by atoms with E-state index in [0.717, 1.165) is 37.9 Å². The molecule has 0 aliphatic carbocycles. The largest absolute Gasteiger partial charge is 0.468 e. The third-order valence-corrected chi connectivity index (χ3v) is 5.08. The van der Waals surface area contributed by atoms with Crippen LogP contribution < -0.4 is 5.73 Å². The van der Waals surface area contributed by atoms with E-state index in [4.69, 9.17) is 10.2 Å². The fourth-order valence-corrected chi connectivity index (χ4v) is 3.39. The van der Waals surface area contributed by atoms with E-state index < -0.39 is 0 Å². The van der Waals surface area contributed by atoms with E-state index in [-0.39, 0.29) is 0 Å². The van der Waals surface area contributed by atoms with E-state index in [1.165, 1.54) is 24.0 Å². The Labute approximate surface area is 156 Å². The number of nitrogens with zero attached hydrogens (tertiary/aromatic N) is 3. The Hall–Kier alpha value is -2.27. The lowest BCUT2D eigenvalue weighted by Crippen LogP contribution is -2.42. The zero-order valence-corrected chi connectivity index (χ0v) is 15.9. The van der Waals surface area contributed by atoms with E-state index in [1.807, 2.05) is 12.1 Å². The highest BCUT2D eigenvalue weighted by molar-refractivity contribution is 5.78. The number of rotatable bonds is 6. The first kappa shape index (κ1) is 18.5. The minimum absolute atomic E-state index is 0.628. The van der Waals surface area contributed by atoms with Crippen molar-refractivity contribution in [2.75, 3.05) is 20.1 Å². The maximum Gasteiger partial charge on any atom is 0.191 e. The van der Waals surface area contributed by atoms with Gasteiger partial charge in [-0.1, -0.05) is 31.2 Å². The van der Waals surface area contributed by atoms with Crippen LogP contribution in [0.15, 0.2) is 52.1 Å². The highest BCUT2D eigenvalue weighted by atomic mass is 16.3. The molecule has 1 aromatic heterocycles. The molecule has 0 amide bonds. The van der Waals surface area contributed by atoms with E-state index in [2.05, 4.69) is 53.0 Å². The Balaban J connectivity index is 1.60. The average Bonchev–Trinajstić information content (AvgIpc) is 3.14. The lowest BCUT2D eigenvalue weighted by Gasteiger charge is -2.31. The summed E-state index contributed by atoms with van der Waals surface area (Å²) in [6.45, 7) is 6.61. The van der Waals surface area contributed by atoms with Gasteiger partial charge in [-0.2, -0.15) is 0 Å². The molecule has 5 nitrogen and oxygen atoms in total. The van der Waals surface area contributed by atoms with Gasteiger partial charge in [0.1, 0.15) is 5.76 Å². The van der Waals surface area contributed by atoms with Crippen molar-refractivity contribution in [1.82, 2.24) is 9.80 Å². The van der Waals surface area contributed by atoms with E-state index in [1.54, 1.807) is 6.26 Å². The molecule has 0 spiro atoms. The lowest BCUT2D eigenvalue weighted by atomic mass is 10.00. The van der Waals surface area contributed by atoms with E-state index in [9.17, 15) is 0 Å². The third kappa shape index (κ3) is 5.11. The molecule has 0 radical (unpaired) electrons. The van der Waals surface area contributed by atoms with Crippen LogP contribution in [0.5, 0.6) is 0 Å². The van der Waals surface area contributed by atoms with Crippen LogP contribution in [0.2, 0.25) is 0 Å². The average molecular weight is 354 g/mol. The Morgan fingerprint density at radius 1 is 1.15 bits per heavy atom. The Bertz CT molecular complexity index is 703. The van der Waals surface area contributed by atoms with Gasteiger partial charge in [0.15, 0.2) is 5.96 Å². The van der Waals surface area contributed by atoms with Crippen LogP contribution in [-0.2, 0) is 19.6 Å². The van der Waals surface area contributed by atoms with Crippen molar-refractivity contribution < 1.29 is 4.42 Å². The molecule has 0 unspecified atom stereocenters. The molecule has 5 heteroatoms. The monoisotopic (exact) mass is 354 g/mol. The van der Waals surface area contributed by atoms with Gasteiger partial charge < -0.3 is 15.1 Å². The fraction of sp³-hybridized carbons (Fsp3) is 0.476. The van der Waals surface area contributed by atoms with Crippen LogP contribution in [0.1, 0.15) is 36.7 Å². The van der Waals surface area contributed by atoms with Crippen molar-refractivity contribution in [3.8, 4) is 0 Å². The summed E-state index contributed by atoms with van der Waals surface area (Å²) in [6, 6.07) is 12.4. The van der Waals surface area contributed by atoms with Gasteiger partial charge in [-0.3, -0.25) is 4.90 Å². The first-order valence-electron chi connectivity index (χ1n) is 9.44. The van der Waals surface area contributed by atoms with Gasteiger partial charge >= 0.3 is 0 Å². The number of aliphatic imine (C=N–C) groups is 1. The number of likely N-dealkylation sites (tertiary alicyclic amines) is 1. The summed E-state index contributed by atoms with van der Waals surface area (Å²) in [5, 5.41) is 0. The molecule has 1 fully saturated rings. The summed E-state index contributed by atoms with van der Waals surface area (Å²) in [6.07, 6.45) is 4.12. The molecule has 1 aliphatic heterocycles. The summed E-state index contributed by atoms with van der Waals surface area (Å²) >= 11 is 0. The Morgan fingerprint density at radius 3 is 2.58 bits per heavy atom. The molecule has 3 rings (SSSR count). The van der Waals surface area contributed by atoms with Crippen molar-refractivity contribution in [1.29, 1.82) is 0 Å². The van der Waals surface area contributed by atoms with Crippen LogP contribution in [-0.4, -0.2) is 35.9 Å². The molecule has 0 atom stereocenters. The fourth-order valence-electron chi connectivity index (χ4n) is 3.39. The Kier molecular flexibility index (Phi) is 6.34. The molecule has 26 heavy (non-hydrogen) atoms. The van der Waals surface area contributed by atoms with Gasteiger partial charge in [-0.15, -0.1) is 0 Å². The van der Waals surface area contributed by atoms with Crippen molar-refractivity contribution >= 4 is 5.96 Å². The van der Waals surface area contributed by atoms with E-state index in [0.29, 0.717) is 12.5 Å². The molecule has 0 saturated carbocycles. The van der Waals surface area contributed by atoms with Gasteiger partial charge in [0, 0.05) is 19.6 Å². The number of furan rings is 1. The first-order chi connectivity index (χ1) is 12.6. The smallest absolute Gasteiger partial charge is 0.191 e. The molecule has 1 saturated heterocycles. The normalized spacial score (nSPS) is 16.4. The molecule has 1 aliphatic rings. The first-order valence-corrected chi connectivity index (χ1v) is 9.44. The molecule has 2 heterocycles. The number of hydrogen-bond acceptors (Lipinski definition) is 3. The number of piperidine rings is 1. The van der Waals surface area contributed by atoms with Crippen molar-refractivity contribution in [3.63, 3.8) is 0 Å². The molecule has 1 aromatic carbocycles. The predicted molar refractivity (Wildman–Crippen MR) is 106 cm³/mol. The Morgan fingerprint density at radius 2 is 1.88 bits per heavy atom. The second-order valence-corrected chi connectivity index (χ2v) is 7.36. The summed E-state index contributed by atoms with van der Waals surface area (Å²) in [4.78, 5) is 9.13. The van der Waals surface area contributed by atoms with Gasteiger partial charge in [0.25, 0.3) is 0 Å². The standard InChI is InChI=1S/C21H30N4O/c1-17-9-11-25(12-10-17)21(22)23-14-18-6-3-4-7-19(18)15-24(2)16-20-8-5-13-26-20/h3-8,13,17H,9-12,14-16H2,1-2H3,(H2,22,23). The topological polar surface area (TPSA) is 58.0 Å². The number of benzene rings is 1. The molecular formula is C21H30N4O. The van der Waals surface area contributed by atoms with Crippen molar-refractivity contribution in [2.45, 2.75) is 39.4 Å². The van der Waals surface area contributed by atoms with E-state index >= 15 is 0 Å². The minimum atomic E-state index is 0.628. The predicted octanol–water partition coefficient (Wildman–Crippen LogP) is 3.46. The zero-order valence-electron chi connectivity index (χ0n) is 15.9. The van der Waals surface area contributed by atoms with Crippen molar-refractivity contribution in [2.24, 2.45) is 16.6 Å². The summed E-state index contributed by atoms with van der Waals surface area (Å²) in [5.41, 5.74) is 8.75. The van der Waals surface area contributed by atoms with Crippen LogP contribution in [0.3, 0.4) is 0 Å². The van der Waals surface area contributed by atoms with Crippen LogP contribution in [0, 0.1) is 5.92 Å². The molecule has 140 valence electrons. The van der Waals surface area contributed by atoms with Crippen molar-refractivity contribution in [3.05, 3.63) is 59.5 Å². The quantitative estimate of drug-likeness (QED) is 0.637. The molecular weight excluding hydrogens is 324 g/mol. The number of hydrogen-bond donors (Lipinski definition) is 1.